The highest BCUT2D eigenvalue weighted by molar-refractivity contribution is 4.64. The van der Waals surface area contributed by atoms with Crippen molar-refractivity contribution in [3.63, 3.8) is 0 Å². The van der Waals surface area contributed by atoms with Crippen LogP contribution in [0.1, 0.15) is 46.0 Å². The van der Waals surface area contributed by atoms with E-state index >= 15 is 0 Å². The fourth-order valence-corrected chi connectivity index (χ4v) is 1.63. The fourth-order valence-electron chi connectivity index (χ4n) is 1.63. The number of hydrogen-bond donors (Lipinski definition) is 1. The summed E-state index contributed by atoms with van der Waals surface area (Å²) in [5.41, 5.74) is 0. The second kappa shape index (κ2) is 12.9. The largest absolute Gasteiger partial charge is 0.382 e. The molecular weight excluding hydrogens is 202 g/mol. The molecule has 0 aliphatic carbocycles. The first kappa shape index (κ1) is 15.9. The second-order valence-electron chi connectivity index (χ2n) is 4.16. The highest BCUT2D eigenvalue weighted by Crippen LogP contribution is 2.03. The Hall–Kier alpha value is -0.120. The monoisotopic (exact) mass is 231 g/mol. The zero-order chi connectivity index (χ0) is 12.1. The Morgan fingerprint density at radius 2 is 1.88 bits per heavy atom. The van der Waals surface area contributed by atoms with Crippen molar-refractivity contribution >= 4 is 0 Å². The number of unbranched alkanes of at least 4 members (excludes halogenated alkanes) is 1. The Morgan fingerprint density at radius 3 is 2.50 bits per heavy atom. The minimum Gasteiger partial charge on any atom is -0.382 e. The molecule has 0 radical (unpaired) electrons. The van der Waals surface area contributed by atoms with Crippen LogP contribution >= 0.6 is 0 Å². The second-order valence-corrected chi connectivity index (χ2v) is 4.16. The summed E-state index contributed by atoms with van der Waals surface area (Å²) >= 11 is 0. The molecule has 0 fully saturated rings. The number of hydrogen-bond acceptors (Lipinski definition) is 3. The third-order valence-electron chi connectivity index (χ3n) is 2.73. The predicted octanol–water partition coefficient (Wildman–Crippen LogP) is 2.60. The minimum atomic E-state index is 0.693. The predicted molar refractivity (Wildman–Crippen MR) is 68.9 cm³/mol. The molecule has 0 heterocycles. The van der Waals surface area contributed by atoms with Gasteiger partial charge in [-0.05, 0) is 25.8 Å². The molecule has 3 heteroatoms. The first-order valence-electron chi connectivity index (χ1n) is 6.65. The maximum Gasteiger partial charge on any atom is 0.0700 e. The van der Waals surface area contributed by atoms with E-state index in [9.17, 15) is 0 Å². The molecule has 16 heavy (non-hydrogen) atoms. The Labute approximate surface area is 101 Å². The molecule has 0 aromatic heterocycles. The highest BCUT2D eigenvalue weighted by atomic mass is 16.5. The molecule has 0 bridgehead atoms. The number of nitrogens with one attached hydrogen (secondary N) is 1. The molecular formula is C13H29NO2. The van der Waals surface area contributed by atoms with E-state index in [-0.39, 0.29) is 0 Å². The standard InChI is InChI=1S/C13H29NO2/c1-4-6-8-13(5-2)14-9-7-10-16-12-11-15-3/h13-14H,4-12H2,1-3H3. The lowest BCUT2D eigenvalue weighted by Gasteiger charge is -2.16. The molecule has 0 aromatic rings. The van der Waals surface area contributed by atoms with Crippen molar-refractivity contribution in [3.05, 3.63) is 0 Å². The average molecular weight is 231 g/mol. The van der Waals surface area contributed by atoms with Gasteiger partial charge in [-0.1, -0.05) is 26.7 Å². The third kappa shape index (κ3) is 10.4. The summed E-state index contributed by atoms with van der Waals surface area (Å²) in [6.07, 6.45) is 6.24. The Kier molecular flexibility index (Phi) is 12.9. The van der Waals surface area contributed by atoms with Gasteiger partial charge in [-0.25, -0.2) is 0 Å². The van der Waals surface area contributed by atoms with Gasteiger partial charge in [0.1, 0.15) is 0 Å². The van der Waals surface area contributed by atoms with Crippen LogP contribution in [-0.2, 0) is 9.47 Å². The molecule has 3 nitrogen and oxygen atoms in total. The lowest BCUT2D eigenvalue weighted by Crippen LogP contribution is -2.29. The molecule has 1 N–H and O–H groups in total. The van der Waals surface area contributed by atoms with Gasteiger partial charge in [0.25, 0.3) is 0 Å². The Balaban J connectivity index is 3.20. The first-order chi connectivity index (χ1) is 7.85. The number of methoxy groups -OCH3 is 1. The first-order valence-corrected chi connectivity index (χ1v) is 6.65. The summed E-state index contributed by atoms with van der Waals surface area (Å²) < 4.78 is 10.3. The minimum absolute atomic E-state index is 0.693. The Bertz CT molecular complexity index is 131. The summed E-state index contributed by atoms with van der Waals surface area (Å²) in [7, 11) is 1.70. The quantitative estimate of drug-likeness (QED) is 0.524. The fraction of sp³-hybridized carbons (Fsp3) is 1.00. The molecule has 0 rings (SSSR count). The molecule has 0 saturated heterocycles. The van der Waals surface area contributed by atoms with Crippen molar-refractivity contribution in [2.45, 2.75) is 52.0 Å². The SMILES string of the molecule is CCCCC(CC)NCCCOCCOC. The van der Waals surface area contributed by atoms with Crippen molar-refractivity contribution in [2.75, 3.05) is 33.5 Å². The third-order valence-corrected chi connectivity index (χ3v) is 2.73. The Morgan fingerprint density at radius 1 is 1.06 bits per heavy atom. The molecule has 1 unspecified atom stereocenters. The van der Waals surface area contributed by atoms with E-state index in [1.54, 1.807) is 7.11 Å². The van der Waals surface area contributed by atoms with Crippen molar-refractivity contribution in [1.29, 1.82) is 0 Å². The van der Waals surface area contributed by atoms with Crippen LogP contribution in [0.5, 0.6) is 0 Å². The molecule has 0 spiro atoms. The molecule has 0 amide bonds. The van der Waals surface area contributed by atoms with Gasteiger partial charge in [-0.3, -0.25) is 0 Å². The smallest absolute Gasteiger partial charge is 0.0700 e. The molecule has 1 atom stereocenters. The van der Waals surface area contributed by atoms with Gasteiger partial charge >= 0.3 is 0 Å². The highest BCUT2D eigenvalue weighted by Gasteiger charge is 2.03. The van der Waals surface area contributed by atoms with Crippen molar-refractivity contribution in [3.8, 4) is 0 Å². The summed E-state index contributed by atoms with van der Waals surface area (Å²) in [5, 5.41) is 3.58. The van der Waals surface area contributed by atoms with Gasteiger partial charge in [0.15, 0.2) is 0 Å². The van der Waals surface area contributed by atoms with Gasteiger partial charge < -0.3 is 14.8 Å². The van der Waals surface area contributed by atoms with E-state index in [1.165, 1.54) is 25.7 Å². The van der Waals surface area contributed by atoms with Gasteiger partial charge in [0.05, 0.1) is 13.2 Å². The summed E-state index contributed by atoms with van der Waals surface area (Å²) in [6.45, 7) is 7.81. The maximum atomic E-state index is 5.41. The van der Waals surface area contributed by atoms with Crippen molar-refractivity contribution < 1.29 is 9.47 Å². The van der Waals surface area contributed by atoms with Gasteiger partial charge in [0, 0.05) is 19.8 Å². The van der Waals surface area contributed by atoms with Crippen LogP contribution in [0.15, 0.2) is 0 Å². The topological polar surface area (TPSA) is 30.5 Å². The summed E-state index contributed by atoms with van der Waals surface area (Å²) in [6, 6.07) is 0.693. The van der Waals surface area contributed by atoms with Crippen LogP contribution in [0.4, 0.5) is 0 Å². The molecule has 98 valence electrons. The van der Waals surface area contributed by atoms with E-state index < -0.39 is 0 Å². The van der Waals surface area contributed by atoms with Crippen LogP contribution < -0.4 is 5.32 Å². The zero-order valence-corrected chi connectivity index (χ0v) is 11.3. The summed E-state index contributed by atoms with van der Waals surface area (Å²) in [5.74, 6) is 0. The molecule has 0 aliphatic heterocycles. The number of rotatable bonds is 12. The van der Waals surface area contributed by atoms with Crippen LogP contribution in [0.3, 0.4) is 0 Å². The maximum absolute atomic E-state index is 5.41. The van der Waals surface area contributed by atoms with E-state index in [2.05, 4.69) is 19.2 Å². The van der Waals surface area contributed by atoms with Crippen LogP contribution in [0.2, 0.25) is 0 Å². The van der Waals surface area contributed by atoms with E-state index in [4.69, 9.17) is 9.47 Å². The number of ether oxygens (including phenoxy) is 2. The molecule has 0 aliphatic rings. The van der Waals surface area contributed by atoms with E-state index in [0.29, 0.717) is 19.3 Å². The van der Waals surface area contributed by atoms with Gasteiger partial charge in [-0.2, -0.15) is 0 Å². The van der Waals surface area contributed by atoms with Crippen LogP contribution in [-0.4, -0.2) is 39.5 Å². The average Bonchev–Trinajstić information content (AvgIpc) is 2.32. The zero-order valence-electron chi connectivity index (χ0n) is 11.3. The lowest BCUT2D eigenvalue weighted by atomic mass is 10.1. The van der Waals surface area contributed by atoms with E-state index in [1.807, 2.05) is 0 Å². The van der Waals surface area contributed by atoms with Crippen LogP contribution in [0.25, 0.3) is 0 Å². The van der Waals surface area contributed by atoms with E-state index in [0.717, 1.165) is 19.6 Å². The van der Waals surface area contributed by atoms with Gasteiger partial charge in [-0.15, -0.1) is 0 Å². The van der Waals surface area contributed by atoms with Crippen LogP contribution in [0, 0.1) is 0 Å². The van der Waals surface area contributed by atoms with Gasteiger partial charge in [0.2, 0.25) is 0 Å². The normalized spacial score (nSPS) is 12.9. The molecule has 0 aromatic carbocycles. The van der Waals surface area contributed by atoms with Crippen molar-refractivity contribution in [2.24, 2.45) is 0 Å². The summed E-state index contributed by atoms with van der Waals surface area (Å²) in [4.78, 5) is 0. The lowest BCUT2D eigenvalue weighted by molar-refractivity contribution is 0.0692. The van der Waals surface area contributed by atoms with Crippen molar-refractivity contribution in [1.82, 2.24) is 5.32 Å². The molecule has 0 saturated carbocycles.